The molecule has 25 heavy (non-hydrogen) atoms. The highest BCUT2D eigenvalue weighted by molar-refractivity contribution is 5.74. The molecular formula is C20H31N3O2. The van der Waals surface area contributed by atoms with Crippen LogP contribution in [0.15, 0.2) is 6.20 Å². The molecule has 1 aliphatic heterocycles. The summed E-state index contributed by atoms with van der Waals surface area (Å²) in [5.41, 5.74) is 10.2. The van der Waals surface area contributed by atoms with Crippen molar-refractivity contribution in [1.29, 1.82) is 0 Å². The van der Waals surface area contributed by atoms with Gasteiger partial charge in [-0.2, -0.15) is 0 Å². The van der Waals surface area contributed by atoms with E-state index in [0.717, 1.165) is 56.6 Å². The first-order chi connectivity index (χ1) is 11.7. The SMILES string of the molecule is CC1(CC(=O)OC(C)(C)C)CCCN(c2c(N)cnc3c2CCC3)C1. The van der Waals surface area contributed by atoms with Gasteiger partial charge in [-0.15, -0.1) is 0 Å². The molecule has 0 saturated carbocycles. The minimum absolute atomic E-state index is 0.0816. The number of ether oxygens (including phenoxy) is 1. The zero-order valence-corrected chi connectivity index (χ0v) is 16.0. The number of carbonyl (C=O) groups is 1. The fourth-order valence-electron chi connectivity index (χ4n) is 4.26. The van der Waals surface area contributed by atoms with Crippen LogP contribution in [0.25, 0.3) is 0 Å². The Kier molecular flexibility index (Phi) is 4.69. The van der Waals surface area contributed by atoms with Gasteiger partial charge in [0.25, 0.3) is 0 Å². The second-order valence-electron chi connectivity index (χ2n) is 8.94. The topological polar surface area (TPSA) is 68.5 Å². The van der Waals surface area contributed by atoms with Gasteiger partial charge in [-0.05, 0) is 63.9 Å². The van der Waals surface area contributed by atoms with E-state index in [2.05, 4.69) is 16.8 Å². The normalized spacial score (nSPS) is 23.4. The number of carbonyl (C=O) groups excluding carboxylic acids is 1. The van der Waals surface area contributed by atoms with Crippen molar-refractivity contribution in [2.45, 2.75) is 71.8 Å². The lowest BCUT2D eigenvalue weighted by Gasteiger charge is -2.42. The molecule has 138 valence electrons. The van der Waals surface area contributed by atoms with Crippen molar-refractivity contribution in [3.05, 3.63) is 17.5 Å². The van der Waals surface area contributed by atoms with Crippen LogP contribution in [-0.2, 0) is 22.4 Å². The number of esters is 1. The van der Waals surface area contributed by atoms with E-state index in [4.69, 9.17) is 10.5 Å². The number of anilines is 2. The Morgan fingerprint density at radius 1 is 1.36 bits per heavy atom. The summed E-state index contributed by atoms with van der Waals surface area (Å²) in [6, 6.07) is 0. The molecule has 0 aromatic carbocycles. The zero-order chi connectivity index (χ0) is 18.2. The van der Waals surface area contributed by atoms with Crippen LogP contribution in [0, 0.1) is 5.41 Å². The molecule has 5 nitrogen and oxygen atoms in total. The Morgan fingerprint density at radius 2 is 2.12 bits per heavy atom. The number of nitrogens with zero attached hydrogens (tertiary/aromatic N) is 2. The summed E-state index contributed by atoms with van der Waals surface area (Å²) < 4.78 is 5.55. The van der Waals surface area contributed by atoms with Gasteiger partial charge in [0, 0.05) is 18.8 Å². The van der Waals surface area contributed by atoms with E-state index in [1.165, 1.54) is 11.3 Å². The fraction of sp³-hybridized carbons (Fsp3) is 0.700. The van der Waals surface area contributed by atoms with Gasteiger partial charge in [-0.3, -0.25) is 9.78 Å². The van der Waals surface area contributed by atoms with Gasteiger partial charge < -0.3 is 15.4 Å². The number of aryl methyl sites for hydroxylation is 1. The van der Waals surface area contributed by atoms with E-state index >= 15 is 0 Å². The molecule has 5 heteroatoms. The van der Waals surface area contributed by atoms with Crippen LogP contribution in [0.3, 0.4) is 0 Å². The fourth-order valence-corrected chi connectivity index (χ4v) is 4.26. The predicted molar refractivity (Wildman–Crippen MR) is 101 cm³/mol. The maximum absolute atomic E-state index is 12.4. The van der Waals surface area contributed by atoms with Gasteiger partial charge in [0.15, 0.2) is 0 Å². The van der Waals surface area contributed by atoms with Gasteiger partial charge in [-0.25, -0.2) is 0 Å². The summed E-state index contributed by atoms with van der Waals surface area (Å²) in [4.78, 5) is 19.3. The molecule has 0 radical (unpaired) electrons. The molecule has 2 aliphatic rings. The Bertz CT molecular complexity index is 666. The van der Waals surface area contributed by atoms with Crippen LogP contribution in [0.5, 0.6) is 0 Å². The quantitative estimate of drug-likeness (QED) is 0.849. The molecule has 1 fully saturated rings. The molecule has 1 aliphatic carbocycles. The second-order valence-corrected chi connectivity index (χ2v) is 8.94. The zero-order valence-electron chi connectivity index (χ0n) is 16.0. The standard InChI is InChI=1S/C20H31N3O2/c1-19(2,3)25-17(24)11-20(4)9-6-10-23(13-20)18-14-7-5-8-16(14)22-12-15(18)21/h12H,5-11,13,21H2,1-4H3. The van der Waals surface area contributed by atoms with Gasteiger partial charge in [-0.1, -0.05) is 6.92 Å². The number of pyridine rings is 1. The van der Waals surface area contributed by atoms with Crippen molar-refractivity contribution in [2.24, 2.45) is 5.41 Å². The van der Waals surface area contributed by atoms with Crippen LogP contribution >= 0.6 is 0 Å². The van der Waals surface area contributed by atoms with Crippen molar-refractivity contribution in [3.8, 4) is 0 Å². The molecule has 3 rings (SSSR count). The van der Waals surface area contributed by atoms with Crippen LogP contribution in [0.4, 0.5) is 11.4 Å². The number of hydrogen-bond acceptors (Lipinski definition) is 5. The van der Waals surface area contributed by atoms with Crippen molar-refractivity contribution in [3.63, 3.8) is 0 Å². The van der Waals surface area contributed by atoms with Gasteiger partial charge >= 0.3 is 5.97 Å². The number of rotatable bonds is 3. The number of nitrogens with two attached hydrogens (primary N) is 1. The van der Waals surface area contributed by atoms with Gasteiger partial charge in [0.05, 0.1) is 24.0 Å². The minimum Gasteiger partial charge on any atom is -0.460 e. The van der Waals surface area contributed by atoms with Crippen LogP contribution in [-0.4, -0.2) is 29.6 Å². The molecule has 1 aromatic heterocycles. The number of nitrogen functional groups attached to an aromatic ring is 1. The lowest BCUT2D eigenvalue weighted by Crippen LogP contribution is -2.44. The smallest absolute Gasteiger partial charge is 0.306 e. The van der Waals surface area contributed by atoms with Crippen LogP contribution in [0.1, 0.15) is 64.6 Å². The number of piperidine rings is 1. The molecule has 1 unspecified atom stereocenters. The maximum atomic E-state index is 12.4. The monoisotopic (exact) mass is 345 g/mol. The summed E-state index contributed by atoms with van der Waals surface area (Å²) in [6.07, 6.45) is 7.62. The first-order valence-electron chi connectivity index (χ1n) is 9.40. The molecule has 1 atom stereocenters. The molecule has 1 aromatic rings. The molecule has 2 N–H and O–H groups in total. The summed E-state index contributed by atoms with van der Waals surface area (Å²) in [5.74, 6) is -0.107. The first-order valence-corrected chi connectivity index (χ1v) is 9.40. The van der Waals surface area contributed by atoms with Crippen molar-refractivity contribution in [2.75, 3.05) is 23.7 Å². The number of aromatic nitrogens is 1. The van der Waals surface area contributed by atoms with E-state index in [-0.39, 0.29) is 11.4 Å². The largest absolute Gasteiger partial charge is 0.460 e. The molecule has 0 bridgehead atoms. The summed E-state index contributed by atoms with van der Waals surface area (Å²) >= 11 is 0. The lowest BCUT2D eigenvalue weighted by molar-refractivity contribution is -0.157. The van der Waals surface area contributed by atoms with E-state index in [0.29, 0.717) is 6.42 Å². The molecule has 2 heterocycles. The summed E-state index contributed by atoms with van der Waals surface area (Å²) in [7, 11) is 0. The van der Waals surface area contributed by atoms with E-state index < -0.39 is 5.60 Å². The Morgan fingerprint density at radius 3 is 2.84 bits per heavy atom. The Balaban J connectivity index is 1.78. The van der Waals surface area contributed by atoms with Crippen LogP contribution < -0.4 is 10.6 Å². The highest BCUT2D eigenvalue weighted by atomic mass is 16.6. The lowest BCUT2D eigenvalue weighted by atomic mass is 9.78. The molecule has 1 saturated heterocycles. The average molecular weight is 345 g/mol. The summed E-state index contributed by atoms with van der Waals surface area (Å²) in [6.45, 7) is 9.78. The molecule has 0 spiro atoms. The van der Waals surface area contributed by atoms with Gasteiger partial charge in [0.2, 0.25) is 0 Å². The third-order valence-corrected chi connectivity index (χ3v) is 5.20. The predicted octanol–water partition coefficient (Wildman–Crippen LogP) is 3.49. The van der Waals surface area contributed by atoms with E-state index in [1.807, 2.05) is 20.8 Å². The average Bonchev–Trinajstić information content (AvgIpc) is 2.92. The second kappa shape index (κ2) is 6.50. The first kappa shape index (κ1) is 18.0. The summed E-state index contributed by atoms with van der Waals surface area (Å²) in [5, 5.41) is 0. The molecular weight excluding hydrogens is 314 g/mol. The molecule has 0 amide bonds. The van der Waals surface area contributed by atoms with Gasteiger partial charge in [0.1, 0.15) is 5.60 Å². The highest BCUT2D eigenvalue weighted by Gasteiger charge is 2.36. The third-order valence-electron chi connectivity index (χ3n) is 5.20. The number of fused-ring (bicyclic) bond motifs is 1. The highest BCUT2D eigenvalue weighted by Crippen LogP contribution is 2.41. The van der Waals surface area contributed by atoms with E-state index in [1.54, 1.807) is 6.20 Å². The Hall–Kier alpha value is -1.78. The van der Waals surface area contributed by atoms with Crippen molar-refractivity contribution >= 4 is 17.3 Å². The van der Waals surface area contributed by atoms with E-state index in [9.17, 15) is 4.79 Å². The van der Waals surface area contributed by atoms with Crippen molar-refractivity contribution < 1.29 is 9.53 Å². The number of hydrogen-bond donors (Lipinski definition) is 1. The van der Waals surface area contributed by atoms with Crippen LogP contribution in [0.2, 0.25) is 0 Å². The minimum atomic E-state index is -0.432. The maximum Gasteiger partial charge on any atom is 0.306 e. The Labute approximate surface area is 150 Å². The van der Waals surface area contributed by atoms with Crippen molar-refractivity contribution in [1.82, 2.24) is 4.98 Å². The third kappa shape index (κ3) is 4.07.